The van der Waals surface area contributed by atoms with Crippen LogP contribution in [0, 0.1) is 18.8 Å². The van der Waals surface area contributed by atoms with E-state index in [2.05, 4.69) is 21.7 Å². The summed E-state index contributed by atoms with van der Waals surface area (Å²) < 4.78 is 6.15. The van der Waals surface area contributed by atoms with Gasteiger partial charge >= 0.3 is 5.97 Å². The van der Waals surface area contributed by atoms with Crippen LogP contribution >= 0.6 is 0 Å². The van der Waals surface area contributed by atoms with E-state index in [1.54, 1.807) is 4.68 Å². The molecule has 4 nitrogen and oxygen atoms in total. The number of nitrogens with zero attached hydrogens (tertiary/aromatic N) is 2. The van der Waals surface area contributed by atoms with Gasteiger partial charge in [0.25, 0.3) is 0 Å². The van der Waals surface area contributed by atoms with Crippen LogP contribution in [0.5, 0.6) is 0 Å². The number of hydrogen-bond donors (Lipinski definition) is 0. The molecule has 74 valence electrons. The fraction of sp³-hybridized carbons (Fsp3) is 0.400. The van der Waals surface area contributed by atoms with Gasteiger partial charge in [-0.2, -0.15) is 5.10 Å². The van der Waals surface area contributed by atoms with Crippen LogP contribution < -0.4 is 0 Å². The molecule has 0 atom stereocenters. The lowest BCUT2D eigenvalue weighted by Gasteiger charge is -1.95. The highest BCUT2D eigenvalue weighted by molar-refractivity contribution is 5.88. The lowest BCUT2D eigenvalue weighted by atomic mass is 10.3. The van der Waals surface area contributed by atoms with Crippen LogP contribution in [0.25, 0.3) is 0 Å². The fourth-order valence-electron chi connectivity index (χ4n) is 1.05. The first kappa shape index (κ1) is 10.3. The maximum absolute atomic E-state index is 10.8. The van der Waals surface area contributed by atoms with E-state index < -0.39 is 5.97 Å². The Balaban J connectivity index is 2.93. The van der Waals surface area contributed by atoms with Gasteiger partial charge in [-0.3, -0.25) is 4.68 Å². The Kier molecular flexibility index (Phi) is 3.29. The molecule has 1 aromatic rings. The SMILES string of the molecule is CCn1nc(C)cc1C#CC(=O)OC. The summed E-state index contributed by atoms with van der Waals surface area (Å²) in [4.78, 5) is 10.8. The van der Waals surface area contributed by atoms with Crippen molar-refractivity contribution in [2.24, 2.45) is 0 Å². The fourth-order valence-corrected chi connectivity index (χ4v) is 1.05. The zero-order valence-corrected chi connectivity index (χ0v) is 8.50. The van der Waals surface area contributed by atoms with Crippen molar-refractivity contribution in [1.82, 2.24) is 9.78 Å². The molecule has 1 heterocycles. The van der Waals surface area contributed by atoms with Gasteiger partial charge in [-0.05, 0) is 25.8 Å². The summed E-state index contributed by atoms with van der Waals surface area (Å²) in [5, 5.41) is 4.19. The molecule has 0 amide bonds. The lowest BCUT2D eigenvalue weighted by Crippen LogP contribution is -2.00. The van der Waals surface area contributed by atoms with E-state index in [0.29, 0.717) is 0 Å². The lowest BCUT2D eigenvalue weighted by molar-refractivity contribution is -0.133. The first-order valence-electron chi connectivity index (χ1n) is 4.31. The molecule has 0 aliphatic heterocycles. The van der Waals surface area contributed by atoms with Crippen LogP contribution in [0.1, 0.15) is 18.3 Å². The Morgan fingerprint density at radius 3 is 3.00 bits per heavy atom. The number of methoxy groups -OCH3 is 1. The molecule has 0 bridgehead atoms. The maximum Gasteiger partial charge on any atom is 0.384 e. The molecule has 1 aromatic heterocycles. The van der Waals surface area contributed by atoms with Crippen molar-refractivity contribution in [3.05, 3.63) is 17.5 Å². The number of carbonyl (C=O) groups excluding carboxylic acids is 1. The second-order valence-electron chi connectivity index (χ2n) is 2.73. The zero-order chi connectivity index (χ0) is 10.6. The summed E-state index contributed by atoms with van der Waals surface area (Å²) in [5.41, 5.74) is 1.62. The van der Waals surface area contributed by atoms with Crippen molar-refractivity contribution in [2.75, 3.05) is 7.11 Å². The van der Waals surface area contributed by atoms with Gasteiger partial charge in [0, 0.05) is 12.5 Å². The second kappa shape index (κ2) is 4.47. The van der Waals surface area contributed by atoms with Gasteiger partial charge in [-0.1, -0.05) is 0 Å². The van der Waals surface area contributed by atoms with Crippen LogP contribution in [0.15, 0.2) is 6.07 Å². The minimum atomic E-state index is -0.536. The average Bonchev–Trinajstić information content (AvgIpc) is 2.55. The van der Waals surface area contributed by atoms with Gasteiger partial charge in [-0.25, -0.2) is 4.79 Å². The summed E-state index contributed by atoms with van der Waals surface area (Å²) >= 11 is 0. The molecule has 0 radical (unpaired) electrons. The van der Waals surface area contributed by atoms with E-state index >= 15 is 0 Å². The number of esters is 1. The molecule has 0 fully saturated rings. The molecule has 0 unspecified atom stereocenters. The van der Waals surface area contributed by atoms with E-state index in [0.717, 1.165) is 17.9 Å². The standard InChI is InChI=1S/C10H12N2O2/c1-4-12-9(7-8(2)11-12)5-6-10(13)14-3/h7H,4H2,1-3H3. The highest BCUT2D eigenvalue weighted by atomic mass is 16.5. The minimum absolute atomic E-state index is 0.536. The summed E-state index contributed by atoms with van der Waals surface area (Å²) in [6, 6.07) is 1.83. The van der Waals surface area contributed by atoms with Crippen LogP contribution in [-0.2, 0) is 16.1 Å². The van der Waals surface area contributed by atoms with Crippen LogP contribution in [0.4, 0.5) is 0 Å². The first-order valence-corrected chi connectivity index (χ1v) is 4.31. The van der Waals surface area contributed by atoms with Crippen molar-refractivity contribution in [2.45, 2.75) is 20.4 Å². The van der Waals surface area contributed by atoms with E-state index in [4.69, 9.17) is 0 Å². The molecule has 1 rings (SSSR count). The van der Waals surface area contributed by atoms with Crippen LogP contribution in [0.3, 0.4) is 0 Å². The number of ether oxygens (including phenoxy) is 1. The minimum Gasteiger partial charge on any atom is -0.459 e. The average molecular weight is 192 g/mol. The number of aromatic nitrogens is 2. The second-order valence-corrected chi connectivity index (χ2v) is 2.73. The van der Waals surface area contributed by atoms with Gasteiger partial charge < -0.3 is 4.74 Å². The number of hydrogen-bond acceptors (Lipinski definition) is 3. The van der Waals surface area contributed by atoms with Crippen LogP contribution in [0.2, 0.25) is 0 Å². The Morgan fingerprint density at radius 2 is 2.43 bits per heavy atom. The Hall–Kier alpha value is -1.76. The molecule has 0 N–H and O–H groups in total. The monoisotopic (exact) mass is 192 g/mol. The van der Waals surface area contributed by atoms with Crippen molar-refractivity contribution in [3.63, 3.8) is 0 Å². The number of rotatable bonds is 1. The Bertz CT molecular complexity index is 396. The molecule has 0 saturated heterocycles. The van der Waals surface area contributed by atoms with E-state index in [-0.39, 0.29) is 0 Å². The first-order chi connectivity index (χ1) is 6.67. The molecule has 0 aromatic carbocycles. The van der Waals surface area contributed by atoms with Crippen molar-refractivity contribution in [3.8, 4) is 11.8 Å². The maximum atomic E-state index is 10.8. The number of aryl methyl sites for hydroxylation is 2. The smallest absolute Gasteiger partial charge is 0.384 e. The Labute approximate surface area is 82.9 Å². The third kappa shape index (κ3) is 2.36. The number of carbonyl (C=O) groups is 1. The molecular formula is C10H12N2O2. The highest BCUT2D eigenvalue weighted by Gasteiger charge is 2.00. The topological polar surface area (TPSA) is 44.1 Å². The predicted molar refractivity (Wildman–Crippen MR) is 51.5 cm³/mol. The Morgan fingerprint density at radius 1 is 1.71 bits per heavy atom. The van der Waals surface area contributed by atoms with Crippen molar-refractivity contribution < 1.29 is 9.53 Å². The summed E-state index contributed by atoms with van der Waals surface area (Å²) in [5.74, 6) is 4.54. The third-order valence-electron chi connectivity index (χ3n) is 1.68. The van der Waals surface area contributed by atoms with Gasteiger partial charge in [0.05, 0.1) is 12.8 Å². The normalized spacial score (nSPS) is 9.07. The van der Waals surface area contributed by atoms with Gasteiger partial charge in [-0.15, -0.1) is 0 Å². The molecule has 0 aliphatic rings. The largest absolute Gasteiger partial charge is 0.459 e. The van der Waals surface area contributed by atoms with Crippen molar-refractivity contribution in [1.29, 1.82) is 0 Å². The van der Waals surface area contributed by atoms with E-state index in [1.165, 1.54) is 7.11 Å². The molecule has 4 heteroatoms. The molecule has 0 spiro atoms. The predicted octanol–water partition coefficient (Wildman–Crippen LogP) is 0.736. The molecule has 14 heavy (non-hydrogen) atoms. The quantitative estimate of drug-likeness (QED) is 0.487. The van der Waals surface area contributed by atoms with Gasteiger partial charge in [0.2, 0.25) is 0 Å². The summed E-state index contributed by atoms with van der Waals surface area (Å²) in [7, 11) is 1.30. The highest BCUT2D eigenvalue weighted by Crippen LogP contribution is 2.01. The molecular weight excluding hydrogens is 180 g/mol. The summed E-state index contributed by atoms with van der Waals surface area (Å²) in [6.07, 6.45) is 0. The third-order valence-corrected chi connectivity index (χ3v) is 1.68. The summed E-state index contributed by atoms with van der Waals surface area (Å²) in [6.45, 7) is 4.59. The molecule has 0 saturated carbocycles. The van der Waals surface area contributed by atoms with Crippen molar-refractivity contribution >= 4 is 5.97 Å². The van der Waals surface area contributed by atoms with Gasteiger partial charge in [0.1, 0.15) is 5.69 Å². The van der Waals surface area contributed by atoms with E-state index in [9.17, 15) is 4.79 Å². The van der Waals surface area contributed by atoms with Crippen LogP contribution in [-0.4, -0.2) is 22.9 Å². The molecule has 0 aliphatic carbocycles. The van der Waals surface area contributed by atoms with Gasteiger partial charge in [0.15, 0.2) is 0 Å². The zero-order valence-electron chi connectivity index (χ0n) is 8.50. The van der Waals surface area contributed by atoms with E-state index in [1.807, 2.05) is 19.9 Å².